The number of para-hydroxylation sites is 1. The van der Waals surface area contributed by atoms with Gasteiger partial charge in [0.05, 0.1) is 16.4 Å². The van der Waals surface area contributed by atoms with E-state index >= 15 is 0 Å². The summed E-state index contributed by atoms with van der Waals surface area (Å²) in [4.78, 5) is 2.47. The van der Waals surface area contributed by atoms with Gasteiger partial charge in [0, 0.05) is 38.9 Å². The highest BCUT2D eigenvalue weighted by Crippen LogP contribution is 2.58. The summed E-state index contributed by atoms with van der Waals surface area (Å²) in [5.41, 5.74) is 18.4. The van der Waals surface area contributed by atoms with Gasteiger partial charge in [-0.05, 0) is 116 Å². The molecule has 1 aromatic heterocycles. The van der Waals surface area contributed by atoms with E-state index in [-0.39, 0.29) is 0 Å². The van der Waals surface area contributed by atoms with Crippen LogP contribution in [0.25, 0.3) is 71.6 Å². The zero-order valence-electron chi connectivity index (χ0n) is 36.8. The van der Waals surface area contributed by atoms with Crippen molar-refractivity contribution in [3.8, 4) is 39.1 Å². The fraction of sp³-hybridized carbons (Fsp3) is 0.0154. The van der Waals surface area contributed by atoms with Crippen molar-refractivity contribution in [3.05, 3.63) is 289 Å². The van der Waals surface area contributed by atoms with Gasteiger partial charge in [-0.2, -0.15) is 0 Å². The molecule has 0 radical (unpaired) electrons. The molecular weight excluding hydrogens is 809 g/mol. The molecule has 0 N–H and O–H groups in total. The Morgan fingerprint density at radius 2 is 0.821 bits per heavy atom. The van der Waals surface area contributed by atoms with Crippen LogP contribution in [0.1, 0.15) is 22.3 Å². The van der Waals surface area contributed by atoms with Gasteiger partial charge in [-0.15, -0.1) is 0 Å². The van der Waals surface area contributed by atoms with Gasteiger partial charge in [-0.1, -0.05) is 212 Å². The molecule has 2 heteroatoms. The molecule has 13 rings (SSSR count). The van der Waals surface area contributed by atoms with Gasteiger partial charge in [-0.25, -0.2) is 0 Å². The number of anilines is 3. The van der Waals surface area contributed by atoms with Gasteiger partial charge in [0.1, 0.15) is 0 Å². The van der Waals surface area contributed by atoms with Crippen LogP contribution in [0.15, 0.2) is 267 Å². The molecule has 0 saturated heterocycles. The number of hydrogen-bond acceptors (Lipinski definition) is 1. The maximum atomic E-state index is 2.48. The van der Waals surface area contributed by atoms with Crippen LogP contribution in [-0.4, -0.2) is 4.57 Å². The number of nitrogens with zero attached hydrogens (tertiary/aromatic N) is 2. The van der Waals surface area contributed by atoms with Crippen LogP contribution in [0.4, 0.5) is 17.1 Å². The van der Waals surface area contributed by atoms with E-state index in [1.54, 1.807) is 0 Å². The molecule has 0 amide bonds. The van der Waals surface area contributed by atoms with E-state index < -0.39 is 5.41 Å². The lowest BCUT2D eigenvalue weighted by Crippen LogP contribution is -2.28. The molecule has 0 bridgehead atoms. The van der Waals surface area contributed by atoms with E-state index in [1.165, 1.54) is 82.7 Å². The second-order valence-corrected chi connectivity index (χ2v) is 17.6. The molecule has 314 valence electrons. The molecule has 0 aliphatic heterocycles. The molecule has 0 fully saturated rings. The van der Waals surface area contributed by atoms with E-state index in [4.69, 9.17) is 0 Å². The first-order valence-electron chi connectivity index (χ1n) is 23.2. The Labute approximate surface area is 390 Å². The smallest absolute Gasteiger partial charge is 0.0714 e. The molecule has 0 atom stereocenters. The minimum atomic E-state index is -0.601. The molecule has 0 spiro atoms. The Kier molecular flexibility index (Phi) is 9.11. The van der Waals surface area contributed by atoms with Crippen molar-refractivity contribution in [3.63, 3.8) is 0 Å². The number of hydrogen-bond donors (Lipinski definition) is 0. The van der Waals surface area contributed by atoms with Crippen molar-refractivity contribution in [2.45, 2.75) is 5.41 Å². The van der Waals surface area contributed by atoms with Crippen molar-refractivity contribution in [2.24, 2.45) is 0 Å². The molecule has 67 heavy (non-hydrogen) atoms. The van der Waals surface area contributed by atoms with Crippen LogP contribution in [0, 0.1) is 0 Å². The fourth-order valence-corrected chi connectivity index (χ4v) is 11.1. The molecule has 12 aromatic rings. The minimum Gasteiger partial charge on any atom is -0.310 e. The molecule has 11 aromatic carbocycles. The first kappa shape index (κ1) is 38.7. The number of fused-ring (bicyclic) bond motifs is 8. The zero-order chi connectivity index (χ0) is 44.3. The van der Waals surface area contributed by atoms with Crippen molar-refractivity contribution < 1.29 is 0 Å². The van der Waals surface area contributed by atoms with Gasteiger partial charge in [0.15, 0.2) is 0 Å². The molecule has 1 heterocycles. The van der Waals surface area contributed by atoms with Gasteiger partial charge >= 0.3 is 0 Å². The molecule has 1 aliphatic rings. The summed E-state index contributed by atoms with van der Waals surface area (Å²) in [5.74, 6) is 0. The third-order valence-corrected chi connectivity index (χ3v) is 14.0. The highest BCUT2D eigenvalue weighted by atomic mass is 15.1. The number of benzene rings is 11. The second kappa shape index (κ2) is 15.8. The third kappa shape index (κ3) is 6.18. The Morgan fingerprint density at radius 1 is 0.313 bits per heavy atom. The highest BCUT2D eigenvalue weighted by molar-refractivity contribution is 6.19. The number of aromatic nitrogens is 1. The normalized spacial score (nSPS) is 12.6. The predicted molar refractivity (Wildman–Crippen MR) is 281 cm³/mol. The van der Waals surface area contributed by atoms with E-state index in [9.17, 15) is 0 Å². The van der Waals surface area contributed by atoms with Crippen molar-refractivity contribution in [2.75, 3.05) is 4.90 Å². The van der Waals surface area contributed by atoms with Crippen LogP contribution < -0.4 is 4.90 Å². The predicted octanol–water partition coefficient (Wildman–Crippen LogP) is 17.1. The van der Waals surface area contributed by atoms with Crippen LogP contribution in [0.5, 0.6) is 0 Å². The zero-order valence-corrected chi connectivity index (χ0v) is 36.8. The van der Waals surface area contributed by atoms with Crippen molar-refractivity contribution in [1.82, 2.24) is 4.57 Å². The van der Waals surface area contributed by atoms with Gasteiger partial charge in [-0.3, -0.25) is 0 Å². The van der Waals surface area contributed by atoms with Crippen LogP contribution in [0.3, 0.4) is 0 Å². The molecule has 1 aliphatic carbocycles. The summed E-state index contributed by atoms with van der Waals surface area (Å²) in [6.45, 7) is 0. The van der Waals surface area contributed by atoms with Gasteiger partial charge in [0.25, 0.3) is 0 Å². The summed E-state index contributed by atoms with van der Waals surface area (Å²) in [6, 6.07) is 98.3. The summed E-state index contributed by atoms with van der Waals surface area (Å²) < 4.78 is 2.47. The van der Waals surface area contributed by atoms with Crippen LogP contribution in [-0.2, 0) is 5.41 Å². The lowest BCUT2D eigenvalue weighted by Gasteiger charge is -2.35. The average Bonchev–Trinajstić information content (AvgIpc) is 3.90. The van der Waals surface area contributed by atoms with E-state index in [0.717, 1.165) is 28.3 Å². The Bertz CT molecular complexity index is 3740. The maximum absolute atomic E-state index is 2.48. The van der Waals surface area contributed by atoms with E-state index in [0.29, 0.717) is 0 Å². The molecule has 0 saturated carbocycles. The van der Waals surface area contributed by atoms with Crippen molar-refractivity contribution >= 4 is 49.6 Å². The Hall–Kier alpha value is -8.72. The quantitative estimate of drug-likeness (QED) is 0.148. The Balaban J connectivity index is 1.10. The molecular formula is C65H44N2. The van der Waals surface area contributed by atoms with Gasteiger partial charge < -0.3 is 9.47 Å². The summed E-state index contributed by atoms with van der Waals surface area (Å²) >= 11 is 0. The topological polar surface area (TPSA) is 8.17 Å². The van der Waals surface area contributed by atoms with Crippen molar-refractivity contribution in [1.29, 1.82) is 0 Å². The van der Waals surface area contributed by atoms with Crippen LogP contribution >= 0.6 is 0 Å². The van der Waals surface area contributed by atoms with Gasteiger partial charge in [0.2, 0.25) is 0 Å². The summed E-state index contributed by atoms with van der Waals surface area (Å²) in [7, 11) is 0. The first-order chi connectivity index (χ1) is 33.2. The molecule has 0 unspecified atom stereocenters. The second-order valence-electron chi connectivity index (χ2n) is 17.6. The standard InChI is InChI=1S/C65H44N2/c1-6-19-45(20-7-1)48-24-18-31-53(41-48)66(55-36-40-59-60-38-33-47-23-16-17-32-56(47)64(60)67(63(59)44-55)52-29-14-5-15-30-52)54-35-39-58-57-37-34-49(46-21-8-2-9-22-46)42-61(57)65(62(58)43-54,50-25-10-3-11-26-50)51-27-12-4-13-28-51/h1-44H. The monoisotopic (exact) mass is 852 g/mol. The first-order valence-corrected chi connectivity index (χ1v) is 23.2. The minimum absolute atomic E-state index is 0.601. The maximum Gasteiger partial charge on any atom is 0.0714 e. The lowest BCUT2D eigenvalue weighted by atomic mass is 9.67. The summed E-state index contributed by atoms with van der Waals surface area (Å²) in [6.07, 6.45) is 0. The summed E-state index contributed by atoms with van der Waals surface area (Å²) in [5, 5.41) is 4.92. The van der Waals surface area contributed by atoms with E-state index in [2.05, 4.69) is 276 Å². The fourth-order valence-electron chi connectivity index (χ4n) is 11.1. The highest BCUT2D eigenvalue weighted by Gasteiger charge is 2.46. The lowest BCUT2D eigenvalue weighted by molar-refractivity contribution is 0.768. The Morgan fingerprint density at radius 3 is 1.51 bits per heavy atom. The SMILES string of the molecule is c1ccc(-c2cccc(N(c3ccc4c(c3)C(c3ccccc3)(c3ccccc3)c3cc(-c5ccccc5)ccc3-4)c3ccc4c5ccc6ccccc6c5n(-c5ccccc5)c4c3)c2)cc1. The third-order valence-electron chi connectivity index (χ3n) is 14.0. The van der Waals surface area contributed by atoms with Crippen LogP contribution in [0.2, 0.25) is 0 Å². The average molecular weight is 853 g/mol. The molecule has 2 nitrogen and oxygen atoms in total. The number of rotatable bonds is 8. The van der Waals surface area contributed by atoms with E-state index in [1.807, 2.05) is 0 Å². The largest absolute Gasteiger partial charge is 0.310 e.